The van der Waals surface area contributed by atoms with E-state index in [4.69, 9.17) is 27.3 Å². The first-order valence-electron chi connectivity index (χ1n) is 6.15. The molecule has 0 heterocycles. The molecule has 3 N–H and O–H groups in total. The van der Waals surface area contributed by atoms with Crippen molar-refractivity contribution in [2.24, 2.45) is 10.9 Å². The SMILES string of the molecule is Cc1cc(Cl)cc(C)c1Oc1cccc(Br)c1/C(N)=N/O. The molecule has 0 saturated heterocycles. The van der Waals surface area contributed by atoms with E-state index in [0.717, 1.165) is 11.1 Å². The minimum absolute atomic E-state index is 0.0262. The van der Waals surface area contributed by atoms with E-state index in [1.165, 1.54) is 0 Å². The Kier molecular flexibility index (Phi) is 4.75. The summed E-state index contributed by atoms with van der Waals surface area (Å²) in [6.07, 6.45) is 0. The normalized spacial score (nSPS) is 11.5. The Morgan fingerprint density at radius 2 is 1.90 bits per heavy atom. The highest BCUT2D eigenvalue weighted by atomic mass is 79.9. The van der Waals surface area contributed by atoms with E-state index in [1.54, 1.807) is 12.1 Å². The lowest BCUT2D eigenvalue weighted by atomic mass is 10.1. The van der Waals surface area contributed by atoms with E-state index in [9.17, 15) is 0 Å². The van der Waals surface area contributed by atoms with Gasteiger partial charge in [0.25, 0.3) is 0 Å². The summed E-state index contributed by atoms with van der Waals surface area (Å²) in [6, 6.07) is 9.01. The zero-order chi connectivity index (χ0) is 15.6. The number of aryl methyl sites for hydroxylation is 2. The van der Waals surface area contributed by atoms with Gasteiger partial charge in [0, 0.05) is 9.50 Å². The van der Waals surface area contributed by atoms with Crippen LogP contribution < -0.4 is 10.5 Å². The van der Waals surface area contributed by atoms with Crippen LogP contribution in [0.15, 0.2) is 40.0 Å². The first kappa shape index (κ1) is 15.7. The van der Waals surface area contributed by atoms with Gasteiger partial charge in [-0.05, 0) is 65.2 Å². The van der Waals surface area contributed by atoms with Gasteiger partial charge in [-0.25, -0.2) is 0 Å². The molecule has 2 rings (SSSR count). The van der Waals surface area contributed by atoms with Gasteiger partial charge in [0.05, 0.1) is 5.56 Å². The predicted octanol–water partition coefficient (Wildman–Crippen LogP) is 4.61. The van der Waals surface area contributed by atoms with Crippen molar-refractivity contribution in [3.05, 3.63) is 56.5 Å². The monoisotopic (exact) mass is 368 g/mol. The first-order valence-corrected chi connectivity index (χ1v) is 7.32. The number of nitrogens with two attached hydrogens (primary N) is 1. The third kappa shape index (κ3) is 3.31. The minimum Gasteiger partial charge on any atom is -0.456 e. The lowest BCUT2D eigenvalue weighted by molar-refractivity contribution is 0.318. The quantitative estimate of drug-likeness (QED) is 0.359. The van der Waals surface area contributed by atoms with Crippen molar-refractivity contribution in [3.63, 3.8) is 0 Å². The molecule has 110 valence electrons. The van der Waals surface area contributed by atoms with Crippen molar-refractivity contribution >= 4 is 33.4 Å². The number of hydrogen-bond donors (Lipinski definition) is 2. The molecular weight excluding hydrogens is 356 g/mol. The molecule has 0 bridgehead atoms. The zero-order valence-corrected chi connectivity index (χ0v) is 13.9. The van der Waals surface area contributed by atoms with Gasteiger partial charge in [0.2, 0.25) is 0 Å². The van der Waals surface area contributed by atoms with Crippen LogP contribution in [0.4, 0.5) is 0 Å². The van der Waals surface area contributed by atoms with E-state index in [0.29, 0.717) is 26.6 Å². The summed E-state index contributed by atoms with van der Waals surface area (Å²) < 4.78 is 6.65. The molecule has 0 aromatic heterocycles. The summed E-state index contributed by atoms with van der Waals surface area (Å²) in [7, 11) is 0. The predicted molar refractivity (Wildman–Crippen MR) is 87.7 cm³/mol. The summed E-state index contributed by atoms with van der Waals surface area (Å²) in [5.74, 6) is 1.17. The summed E-state index contributed by atoms with van der Waals surface area (Å²) in [4.78, 5) is 0. The number of benzene rings is 2. The molecule has 21 heavy (non-hydrogen) atoms. The molecule has 6 heteroatoms. The average Bonchev–Trinajstić information content (AvgIpc) is 2.42. The van der Waals surface area contributed by atoms with Crippen LogP contribution >= 0.6 is 27.5 Å². The number of amidine groups is 1. The maximum absolute atomic E-state index is 8.92. The average molecular weight is 370 g/mol. The Bertz CT molecular complexity index is 694. The Morgan fingerprint density at radius 3 is 2.48 bits per heavy atom. The molecule has 0 spiro atoms. The van der Waals surface area contributed by atoms with Crippen LogP contribution in [0.1, 0.15) is 16.7 Å². The van der Waals surface area contributed by atoms with E-state index in [2.05, 4.69) is 21.1 Å². The highest BCUT2D eigenvalue weighted by molar-refractivity contribution is 9.10. The van der Waals surface area contributed by atoms with Crippen molar-refractivity contribution in [2.75, 3.05) is 0 Å². The molecule has 0 atom stereocenters. The van der Waals surface area contributed by atoms with Crippen molar-refractivity contribution in [2.45, 2.75) is 13.8 Å². The molecule has 2 aromatic carbocycles. The Morgan fingerprint density at radius 1 is 1.29 bits per heavy atom. The molecule has 0 saturated carbocycles. The molecule has 0 aliphatic carbocycles. The van der Waals surface area contributed by atoms with Gasteiger partial charge in [-0.1, -0.05) is 22.8 Å². The van der Waals surface area contributed by atoms with Gasteiger partial charge in [0.1, 0.15) is 11.5 Å². The fraction of sp³-hybridized carbons (Fsp3) is 0.133. The van der Waals surface area contributed by atoms with Crippen molar-refractivity contribution < 1.29 is 9.94 Å². The summed E-state index contributed by atoms with van der Waals surface area (Å²) in [5.41, 5.74) is 8.03. The van der Waals surface area contributed by atoms with Gasteiger partial charge in [-0.3, -0.25) is 0 Å². The molecule has 4 nitrogen and oxygen atoms in total. The topological polar surface area (TPSA) is 67.8 Å². The number of rotatable bonds is 3. The fourth-order valence-electron chi connectivity index (χ4n) is 2.06. The number of nitrogens with zero attached hydrogens (tertiary/aromatic N) is 1. The Labute approximate surface area is 136 Å². The molecule has 0 unspecified atom stereocenters. The van der Waals surface area contributed by atoms with E-state index < -0.39 is 0 Å². The Balaban J connectivity index is 2.53. The summed E-state index contributed by atoms with van der Waals surface area (Å²) in [6.45, 7) is 3.82. The second-order valence-electron chi connectivity index (χ2n) is 4.57. The van der Waals surface area contributed by atoms with E-state index in [-0.39, 0.29) is 5.84 Å². The Hall–Kier alpha value is -1.72. The molecule has 0 radical (unpaired) electrons. The highest BCUT2D eigenvalue weighted by Gasteiger charge is 2.15. The molecule has 2 aromatic rings. The molecule has 0 fully saturated rings. The third-order valence-corrected chi connectivity index (χ3v) is 3.86. The molecular formula is C15H14BrClN2O2. The van der Waals surface area contributed by atoms with Crippen LogP contribution in [-0.4, -0.2) is 11.0 Å². The lowest BCUT2D eigenvalue weighted by Crippen LogP contribution is -2.15. The van der Waals surface area contributed by atoms with Crippen LogP contribution in [0, 0.1) is 13.8 Å². The van der Waals surface area contributed by atoms with Gasteiger partial charge in [-0.2, -0.15) is 0 Å². The second kappa shape index (κ2) is 6.37. The zero-order valence-electron chi connectivity index (χ0n) is 11.5. The maximum atomic E-state index is 8.92. The van der Waals surface area contributed by atoms with E-state index in [1.807, 2.05) is 32.0 Å². The first-order chi connectivity index (χ1) is 9.93. The van der Waals surface area contributed by atoms with Gasteiger partial charge in [0.15, 0.2) is 5.84 Å². The third-order valence-electron chi connectivity index (χ3n) is 2.98. The van der Waals surface area contributed by atoms with Crippen molar-refractivity contribution in [3.8, 4) is 11.5 Å². The second-order valence-corrected chi connectivity index (χ2v) is 5.86. The lowest BCUT2D eigenvalue weighted by Gasteiger charge is -2.15. The standard InChI is InChI=1S/C15H14BrClN2O2/c1-8-6-10(17)7-9(2)14(8)21-12-5-3-4-11(16)13(12)15(18)19-20/h3-7,20H,1-2H3,(H2,18,19). The smallest absolute Gasteiger partial charge is 0.175 e. The molecule has 0 aliphatic heterocycles. The van der Waals surface area contributed by atoms with Crippen LogP contribution in [0.25, 0.3) is 0 Å². The number of halogens is 2. The van der Waals surface area contributed by atoms with Gasteiger partial charge >= 0.3 is 0 Å². The van der Waals surface area contributed by atoms with E-state index >= 15 is 0 Å². The van der Waals surface area contributed by atoms with Crippen LogP contribution in [0.5, 0.6) is 11.5 Å². The molecule has 0 aliphatic rings. The highest BCUT2D eigenvalue weighted by Crippen LogP contribution is 2.35. The number of ether oxygens (including phenoxy) is 1. The van der Waals surface area contributed by atoms with Gasteiger partial charge in [-0.15, -0.1) is 0 Å². The largest absolute Gasteiger partial charge is 0.456 e. The maximum Gasteiger partial charge on any atom is 0.175 e. The van der Waals surface area contributed by atoms with Crippen molar-refractivity contribution in [1.29, 1.82) is 0 Å². The van der Waals surface area contributed by atoms with Crippen LogP contribution in [0.2, 0.25) is 5.02 Å². The molecule has 0 amide bonds. The van der Waals surface area contributed by atoms with Crippen molar-refractivity contribution in [1.82, 2.24) is 0 Å². The minimum atomic E-state index is -0.0262. The number of hydrogen-bond acceptors (Lipinski definition) is 3. The summed E-state index contributed by atoms with van der Waals surface area (Å²) >= 11 is 9.40. The van der Waals surface area contributed by atoms with Gasteiger partial charge < -0.3 is 15.7 Å². The van der Waals surface area contributed by atoms with Crippen LogP contribution in [0.3, 0.4) is 0 Å². The van der Waals surface area contributed by atoms with Crippen LogP contribution in [-0.2, 0) is 0 Å². The number of oxime groups is 1. The summed E-state index contributed by atoms with van der Waals surface area (Å²) in [5, 5.41) is 12.6. The fourth-order valence-corrected chi connectivity index (χ4v) is 2.93.